The summed E-state index contributed by atoms with van der Waals surface area (Å²) in [5, 5.41) is 2.94. The molecule has 2 aromatic rings. The summed E-state index contributed by atoms with van der Waals surface area (Å²) in [6.07, 6.45) is 1.35. The van der Waals surface area contributed by atoms with Crippen molar-refractivity contribution in [2.75, 3.05) is 33.4 Å². The van der Waals surface area contributed by atoms with E-state index < -0.39 is 11.6 Å². The van der Waals surface area contributed by atoms with Gasteiger partial charge >= 0.3 is 6.03 Å². The molecule has 7 nitrogen and oxygen atoms in total. The average molecular weight is 486 g/mol. The quantitative estimate of drug-likeness (QED) is 0.584. The van der Waals surface area contributed by atoms with E-state index in [2.05, 4.69) is 5.32 Å². The van der Waals surface area contributed by atoms with E-state index >= 15 is 0 Å². The van der Waals surface area contributed by atoms with Gasteiger partial charge in [0.05, 0.1) is 19.6 Å². The predicted octanol–water partition coefficient (Wildman–Crippen LogP) is 2.93. The number of hydrogen-bond donors (Lipinski definition) is 1. The molecule has 2 heterocycles. The first-order valence-electron chi connectivity index (χ1n) is 11.7. The number of rotatable bonds is 8. The Morgan fingerprint density at radius 1 is 1.06 bits per heavy atom. The smallest absolute Gasteiger partial charge is 0.325 e. The third-order valence-electron chi connectivity index (χ3n) is 6.91. The number of carbonyl (C=O) groups excluding carboxylic acids is 3. The van der Waals surface area contributed by atoms with Crippen LogP contribution >= 0.6 is 0 Å². The Hall–Kier alpha value is -3.33. The Bertz CT molecular complexity index is 1090. The number of benzene rings is 2. The molecule has 0 aromatic heterocycles. The number of ether oxygens (including phenoxy) is 1. The maximum atomic E-state index is 13.6. The molecule has 2 aromatic carbocycles. The highest BCUT2D eigenvalue weighted by molar-refractivity contribution is 6.07. The number of hydrogen-bond acceptors (Lipinski definition) is 4. The predicted molar refractivity (Wildman–Crippen MR) is 124 cm³/mol. The SMILES string of the molecule is COCCN1C(=O)NC(Cc2ccc(F)cc2)(C2CCN(C(=O)Cc3cccc(F)c3)CC2)C1=O. The molecule has 0 spiro atoms. The molecule has 0 saturated carbocycles. The van der Waals surface area contributed by atoms with Crippen molar-refractivity contribution < 1.29 is 27.9 Å². The number of nitrogens with one attached hydrogen (secondary N) is 1. The number of methoxy groups -OCH3 is 1. The van der Waals surface area contributed by atoms with Crippen molar-refractivity contribution in [3.05, 3.63) is 71.3 Å². The van der Waals surface area contributed by atoms with Crippen molar-refractivity contribution in [1.29, 1.82) is 0 Å². The number of nitrogens with zero attached hydrogens (tertiary/aromatic N) is 2. The lowest BCUT2D eigenvalue weighted by molar-refractivity contribution is -0.136. The second-order valence-corrected chi connectivity index (χ2v) is 9.12. The molecule has 1 atom stereocenters. The molecule has 0 aliphatic carbocycles. The summed E-state index contributed by atoms with van der Waals surface area (Å²) >= 11 is 0. The lowest BCUT2D eigenvalue weighted by atomic mass is 9.74. The van der Waals surface area contributed by atoms with Crippen LogP contribution in [-0.4, -0.2) is 66.5 Å². The van der Waals surface area contributed by atoms with Crippen LogP contribution in [0.4, 0.5) is 13.6 Å². The molecule has 9 heteroatoms. The standard InChI is InChI=1S/C26H29F2N3O4/c1-35-14-13-31-24(33)26(29-25(31)34,17-18-5-7-21(27)8-6-18)20-9-11-30(12-10-20)23(32)16-19-3-2-4-22(28)15-19/h2-8,15,20H,9-14,16-17H2,1H3,(H,29,34). The first kappa shape index (κ1) is 24.8. The van der Waals surface area contributed by atoms with Crippen molar-refractivity contribution in [2.45, 2.75) is 31.2 Å². The van der Waals surface area contributed by atoms with E-state index in [1.54, 1.807) is 29.2 Å². The Morgan fingerprint density at radius 3 is 2.43 bits per heavy atom. The minimum atomic E-state index is -1.18. The second kappa shape index (κ2) is 10.5. The topological polar surface area (TPSA) is 79.0 Å². The summed E-state index contributed by atoms with van der Waals surface area (Å²) in [5.41, 5.74) is 0.163. The number of piperidine rings is 1. The fraction of sp³-hybridized carbons (Fsp3) is 0.423. The molecule has 2 saturated heterocycles. The highest BCUT2D eigenvalue weighted by Crippen LogP contribution is 2.36. The van der Waals surface area contributed by atoms with E-state index in [4.69, 9.17) is 4.74 Å². The lowest BCUT2D eigenvalue weighted by Crippen LogP contribution is -2.58. The molecule has 35 heavy (non-hydrogen) atoms. The largest absolute Gasteiger partial charge is 0.383 e. The molecular formula is C26H29F2N3O4. The van der Waals surface area contributed by atoms with Gasteiger partial charge in [-0.15, -0.1) is 0 Å². The van der Waals surface area contributed by atoms with Gasteiger partial charge < -0.3 is 15.0 Å². The second-order valence-electron chi connectivity index (χ2n) is 9.12. The fourth-order valence-electron chi connectivity index (χ4n) is 5.05. The van der Waals surface area contributed by atoms with Crippen LogP contribution < -0.4 is 5.32 Å². The molecule has 4 amide bonds. The van der Waals surface area contributed by atoms with Crippen LogP contribution in [0.15, 0.2) is 48.5 Å². The highest BCUT2D eigenvalue weighted by Gasteiger charge is 2.55. The minimum Gasteiger partial charge on any atom is -0.383 e. The van der Waals surface area contributed by atoms with Crippen LogP contribution in [0.25, 0.3) is 0 Å². The van der Waals surface area contributed by atoms with Crippen molar-refractivity contribution >= 4 is 17.8 Å². The summed E-state index contributed by atoms with van der Waals surface area (Å²) in [6, 6.07) is 11.4. The van der Waals surface area contributed by atoms with Crippen molar-refractivity contribution in [1.82, 2.24) is 15.1 Å². The van der Waals surface area contributed by atoms with E-state index in [-0.39, 0.29) is 55.4 Å². The Labute approximate surface area is 203 Å². The molecule has 4 rings (SSSR count). The van der Waals surface area contributed by atoms with Crippen LogP contribution in [0, 0.1) is 17.6 Å². The molecule has 1 N–H and O–H groups in total. The minimum absolute atomic E-state index is 0.101. The molecule has 1 unspecified atom stereocenters. The summed E-state index contributed by atoms with van der Waals surface area (Å²) in [7, 11) is 1.50. The number of halogens is 2. The van der Waals surface area contributed by atoms with Gasteiger partial charge in [0.25, 0.3) is 5.91 Å². The highest BCUT2D eigenvalue weighted by atomic mass is 19.1. The van der Waals surface area contributed by atoms with Gasteiger partial charge in [0.2, 0.25) is 5.91 Å². The zero-order chi connectivity index (χ0) is 25.0. The van der Waals surface area contributed by atoms with Crippen LogP contribution in [0.5, 0.6) is 0 Å². The van der Waals surface area contributed by atoms with Crippen LogP contribution in [0.1, 0.15) is 24.0 Å². The van der Waals surface area contributed by atoms with Crippen molar-refractivity contribution in [3.63, 3.8) is 0 Å². The van der Waals surface area contributed by atoms with Gasteiger partial charge in [-0.1, -0.05) is 24.3 Å². The van der Waals surface area contributed by atoms with Gasteiger partial charge in [0.15, 0.2) is 0 Å². The fourth-order valence-corrected chi connectivity index (χ4v) is 5.05. The van der Waals surface area contributed by atoms with Crippen LogP contribution in [0.3, 0.4) is 0 Å². The summed E-state index contributed by atoms with van der Waals surface area (Å²) in [6.45, 7) is 1.20. The van der Waals surface area contributed by atoms with Crippen LogP contribution in [0.2, 0.25) is 0 Å². The summed E-state index contributed by atoms with van der Waals surface area (Å²) in [5.74, 6) is -1.41. The first-order valence-corrected chi connectivity index (χ1v) is 11.7. The summed E-state index contributed by atoms with van der Waals surface area (Å²) in [4.78, 5) is 42.1. The zero-order valence-electron chi connectivity index (χ0n) is 19.6. The zero-order valence-corrected chi connectivity index (χ0v) is 19.6. The Morgan fingerprint density at radius 2 is 1.77 bits per heavy atom. The third-order valence-corrected chi connectivity index (χ3v) is 6.91. The van der Waals surface area contributed by atoms with E-state index in [9.17, 15) is 23.2 Å². The number of amides is 4. The number of urea groups is 1. The maximum Gasteiger partial charge on any atom is 0.325 e. The third kappa shape index (κ3) is 5.35. The Balaban J connectivity index is 1.50. The monoisotopic (exact) mass is 485 g/mol. The van der Waals surface area contributed by atoms with E-state index in [1.165, 1.54) is 36.3 Å². The maximum absolute atomic E-state index is 13.6. The molecule has 2 aliphatic rings. The normalized spacial score (nSPS) is 20.9. The van der Waals surface area contributed by atoms with Gasteiger partial charge in [-0.25, -0.2) is 13.6 Å². The van der Waals surface area contributed by atoms with Crippen LogP contribution in [-0.2, 0) is 27.2 Å². The van der Waals surface area contributed by atoms with Gasteiger partial charge in [-0.3, -0.25) is 14.5 Å². The molecular weight excluding hydrogens is 456 g/mol. The Kier molecular flexibility index (Phi) is 7.45. The lowest BCUT2D eigenvalue weighted by Gasteiger charge is -2.41. The average Bonchev–Trinajstić information content (AvgIpc) is 3.08. The van der Waals surface area contributed by atoms with Crippen molar-refractivity contribution in [3.8, 4) is 0 Å². The van der Waals surface area contributed by atoms with Gasteiger partial charge in [-0.05, 0) is 54.2 Å². The number of carbonyl (C=O) groups is 3. The molecule has 186 valence electrons. The molecule has 0 radical (unpaired) electrons. The molecule has 2 fully saturated rings. The number of imide groups is 1. The number of likely N-dealkylation sites (tertiary alicyclic amines) is 1. The van der Waals surface area contributed by atoms with E-state index in [1.807, 2.05) is 0 Å². The van der Waals surface area contributed by atoms with Gasteiger partial charge in [0.1, 0.15) is 17.2 Å². The molecule has 0 bridgehead atoms. The van der Waals surface area contributed by atoms with E-state index in [0.29, 0.717) is 31.5 Å². The first-order chi connectivity index (χ1) is 16.8. The van der Waals surface area contributed by atoms with Gasteiger partial charge in [-0.2, -0.15) is 0 Å². The van der Waals surface area contributed by atoms with Crippen molar-refractivity contribution in [2.24, 2.45) is 5.92 Å². The van der Waals surface area contributed by atoms with E-state index in [0.717, 1.165) is 5.56 Å². The molecule has 2 aliphatic heterocycles. The summed E-state index contributed by atoms with van der Waals surface area (Å²) < 4.78 is 32.0. The van der Waals surface area contributed by atoms with Gasteiger partial charge in [0, 0.05) is 26.6 Å².